The van der Waals surface area contributed by atoms with Gasteiger partial charge in [-0.25, -0.2) is 9.37 Å². The minimum atomic E-state index is -0.393. The zero-order valence-electron chi connectivity index (χ0n) is 14.5. The summed E-state index contributed by atoms with van der Waals surface area (Å²) in [5.41, 5.74) is 1.96. The first-order valence-electron chi connectivity index (χ1n) is 8.59. The van der Waals surface area contributed by atoms with Crippen LogP contribution in [0.2, 0.25) is 0 Å². The molecule has 0 N–H and O–H groups in total. The van der Waals surface area contributed by atoms with Crippen LogP contribution in [0.1, 0.15) is 11.6 Å². The van der Waals surface area contributed by atoms with Crippen LogP contribution in [0, 0.1) is 11.7 Å². The van der Waals surface area contributed by atoms with Crippen molar-refractivity contribution in [2.24, 2.45) is 5.92 Å². The molecule has 1 aromatic carbocycles. The van der Waals surface area contributed by atoms with Gasteiger partial charge < -0.3 is 14.0 Å². The topological polar surface area (TPSA) is 49.2 Å². The van der Waals surface area contributed by atoms with Crippen LogP contribution in [0.25, 0.3) is 11.4 Å². The Balaban J connectivity index is 1.62. The van der Waals surface area contributed by atoms with Gasteiger partial charge in [0.15, 0.2) is 11.6 Å². The Morgan fingerprint density at radius 3 is 2.81 bits per heavy atom. The molecule has 0 amide bonds. The zero-order chi connectivity index (χ0) is 17.9. The molecule has 1 fully saturated rings. The largest absolute Gasteiger partial charge is 0.494 e. The van der Waals surface area contributed by atoms with E-state index in [2.05, 4.69) is 14.5 Å². The second-order valence-corrected chi connectivity index (χ2v) is 6.43. The molecule has 0 aliphatic carbocycles. The minimum absolute atomic E-state index is 0.158. The SMILES string of the molecule is COc1ccc(-c2nccn2[C@@H]2COC[C@H]2Cc2ccncc2)cc1F. The number of nitrogens with zero attached hydrogens (tertiary/aromatic N) is 3. The van der Waals surface area contributed by atoms with E-state index < -0.39 is 5.82 Å². The van der Waals surface area contributed by atoms with E-state index in [0.29, 0.717) is 19.1 Å². The molecule has 134 valence electrons. The van der Waals surface area contributed by atoms with Gasteiger partial charge in [-0.05, 0) is 42.3 Å². The fourth-order valence-corrected chi connectivity index (χ4v) is 3.52. The van der Waals surface area contributed by atoms with Crippen LogP contribution in [-0.2, 0) is 11.2 Å². The first-order valence-corrected chi connectivity index (χ1v) is 8.59. The van der Waals surface area contributed by atoms with Gasteiger partial charge >= 0.3 is 0 Å². The molecule has 0 bridgehead atoms. The van der Waals surface area contributed by atoms with Gasteiger partial charge in [0.05, 0.1) is 26.4 Å². The number of methoxy groups -OCH3 is 1. The lowest BCUT2D eigenvalue weighted by Crippen LogP contribution is -2.20. The quantitative estimate of drug-likeness (QED) is 0.704. The number of rotatable bonds is 5. The third kappa shape index (κ3) is 3.20. The number of aromatic nitrogens is 3. The van der Waals surface area contributed by atoms with Gasteiger partial charge in [-0.15, -0.1) is 0 Å². The van der Waals surface area contributed by atoms with E-state index in [1.807, 2.05) is 36.8 Å². The molecular formula is C20H20FN3O2. The fraction of sp³-hybridized carbons (Fsp3) is 0.300. The van der Waals surface area contributed by atoms with E-state index in [1.165, 1.54) is 18.7 Å². The number of ether oxygens (including phenoxy) is 2. The molecule has 4 rings (SSSR count). The van der Waals surface area contributed by atoms with Crippen LogP contribution in [0.5, 0.6) is 5.75 Å². The van der Waals surface area contributed by atoms with Gasteiger partial charge in [-0.2, -0.15) is 0 Å². The molecule has 0 radical (unpaired) electrons. The van der Waals surface area contributed by atoms with E-state index >= 15 is 0 Å². The van der Waals surface area contributed by atoms with Crippen LogP contribution in [0.3, 0.4) is 0 Å². The predicted molar refractivity (Wildman–Crippen MR) is 95.5 cm³/mol. The van der Waals surface area contributed by atoms with Gasteiger partial charge in [0.2, 0.25) is 0 Å². The summed E-state index contributed by atoms with van der Waals surface area (Å²) >= 11 is 0. The lowest BCUT2D eigenvalue weighted by atomic mass is 9.95. The molecule has 3 aromatic rings. The number of pyridine rings is 1. The van der Waals surface area contributed by atoms with E-state index in [0.717, 1.165) is 17.8 Å². The van der Waals surface area contributed by atoms with Gasteiger partial charge in [-0.1, -0.05) is 0 Å². The Kier molecular flexibility index (Phi) is 4.67. The summed E-state index contributed by atoms with van der Waals surface area (Å²) in [6.07, 6.45) is 8.21. The third-order valence-corrected chi connectivity index (χ3v) is 4.85. The standard InChI is InChI=1S/C20H20FN3O2/c1-25-19-3-2-15(11-17(19)21)20-23-8-9-24(20)18-13-26-12-16(18)10-14-4-6-22-7-5-14/h2-9,11,16,18H,10,12-13H2,1H3/t16-,18-/m1/s1. The Labute approximate surface area is 151 Å². The Bertz CT molecular complexity index is 882. The maximum atomic E-state index is 14.1. The lowest BCUT2D eigenvalue weighted by Gasteiger charge is -2.21. The Morgan fingerprint density at radius 1 is 1.19 bits per heavy atom. The lowest BCUT2D eigenvalue weighted by molar-refractivity contribution is 0.181. The van der Waals surface area contributed by atoms with Crippen LogP contribution in [0.15, 0.2) is 55.1 Å². The molecule has 2 aromatic heterocycles. The van der Waals surface area contributed by atoms with Crippen molar-refractivity contribution in [1.29, 1.82) is 0 Å². The van der Waals surface area contributed by atoms with E-state index in [-0.39, 0.29) is 11.8 Å². The van der Waals surface area contributed by atoms with Gasteiger partial charge in [0.1, 0.15) is 5.82 Å². The Hall–Kier alpha value is -2.73. The number of benzene rings is 1. The molecule has 0 unspecified atom stereocenters. The molecule has 0 saturated carbocycles. The molecule has 1 aliphatic heterocycles. The average Bonchev–Trinajstić information content (AvgIpc) is 3.31. The first-order chi connectivity index (χ1) is 12.8. The van der Waals surface area contributed by atoms with Gasteiger partial charge in [0.25, 0.3) is 0 Å². The molecule has 26 heavy (non-hydrogen) atoms. The highest BCUT2D eigenvalue weighted by Crippen LogP contribution is 2.33. The number of halogens is 1. The van der Waals surface area contributed by atoms with Crippen LogP contribution < -0.4 is 4.74 Å². The first kappa shape index (κ1) is 16.7. The van der Waals surface area contributed by atoms with Crippen LogP contribution in [0.4, 0.5) is 4.39 Å². The average molecular weight is 353 g/mol. The van der Waals surface area contributed by atoms with Crippen molar-refractivity contribution in [2.75, 3.05) is 20.3 Å². The summed E-state index contributed by atoms with van der Waals surface area (Å²) in [4.78, 5) is 8.53. The maximum absolute atomic E-state index is 14.1. The molecular weight excluding hydrogens is 333 g/mol. The van der Waals surface area contributed by atoms with Crippen molar-refractivity contribution in [3.63, 3.8) is 0 Å². The van der Waals surface area contributed by atoms with E-state index in [1.54, 1.807) is 12.3 Å². The van der Waals surface area contributed by atoms with Crippen molar-refractivity contribution < 1.29 is 13.9 Å². The normalized spacial score (nSPS) is 19.6. The zero-order valence-corrected chi connectivity index (χ0v) is 14.5. The van der Waals surface area contributed by atoms with Gasteiger partial charge in [0, 0.05) is 36.3 Å². The number of hydrogen-bond donors (Lipinski definition) is 0. The highest BCUT2D eigenvalue weighted by molar-refractivity contribution is 5.57. The van der Waals surface area contributed by atoms with Crippen molar-refractivity contribution in [3.8, 4) is 17.1 Å². The monoisotopic (exact) mass is 353 g/mol. The van der Waals surface area contributed by atoms with Crippen molar-refractivity contribution >= 4 is 0 Å². The Morgan fingerprint density at radius 2 is 2.04 bits per heavy atom. The van der Waals surface area contributed by atoms with Crippen molar-refractivity contribution in [2.45, 2.75) is 12.5 Å². The number of imidazole rings is 1. The summed E-state index contributed by atoms with van der Waals surface area (Å²) in [6, 6.07) is 9.14. The summed E-state index contributed by atoms with van der Waals surface area (Å²) in [6.45, 7) is 1.32. The van der Waals surface area contributed by atoms with E-state index in [9.17, 15) is 4.39 Å². The molecule has 3 heterocycles. The number of hydrogen-bond acceptors (Lipinski definition) is 4. The molecule has 5 nitrogen and oxygen atoms in total. The predicted octanol–water partition coefficient (Wildman–Crippen LogP) is 3.52. The van der Waals surface area contributed by atoms with Crippen molar-refractivity contribution in [3.05, 3.63) is 66.5 Å². The minimum Gasteiger partial charge on any atom is -0.494 e. The molecule has 2 atom stereocenters. The third-order valence-electron chi connectivity index (χ3n) is 4.85. The molecule has 1 aliphatic rings. The van der Waals surface area contributed by atoms with E-state index in [4.69, 9.17) is 9.47 Å². The fourth-order valence-electron chi connectivity index (χ4n) is 3.52. The van der Waals surface area contributed by atoms with Crippen molar-refractivity contribution in [1.82, 2.24) is 14.5 Å². The maximum Gasteiger partial charge on any atom is 0.165 e. The summed E-state index contributed by atoms with van der Waals surface area (Å²) in [5.74, 6) is 0.900. The molecule has 1 saturated heterocycles. The smallest absolute Gasteiger partial charge is 0.165 e. The van der Waals surface area contributed by atoms with Crippen LogP contribution >= 0.6 is 0 Å². The van der Waals surface area contributed by atoms with Gasteiger partial charge in [-0.3, -0.25) is 4.98 Å². The summed E-state index contributed by atoms with van der Waals surface area (Å²) in [5, 5.41) is 0. The highest BCUT2D eigenvalue weighted by atomic mass is 19.1. The second-order valence-electron chi connectivity index (χ2n) is 6.43. The second kappa shape index (κ2) is 7.25. The van der Waals surface area contributed by atoms with Crippen LogP contribution in [-0.4, -0.2) is 34.9 Å². The molecule has 0 spiro atoms. The summed E-state index contributed by atoms with van der Waals surface area (Å²) in [7, 11) is 1.46. The molecule has 6 heteroatoms. The highest BCUT2D eigenvalue weighted by Gasteiger charge is 2.31. The summed E-state index contributed by atoms with van der Waals surface area (Å²) < 4.78 is 27.0.